The number of carbonyl (C=O) groups excluding carboxylic acids is 3. The van der Waals surface area contributed by atoms with E-state index in [1.165, 1.54) is 11.3 Å². The summed E-state index contributed by atoms with van der Waals surface area (Å²) in [5.41, 5.74) is 2.29. The Bertz CT molecular complexity index is 1190. The van der Waals surface area contributed by atoms with Crippen molar-refractivity contribution in [3.8, 4) is 17.6 Å². The van der Waals surface area contributed by atoms with Crippen molar-refractivity contribution in [1.82, 2.24) is 20.5 Å². The Morgan fingerprint density at radius 3 is 2.97 bits per heavy atom. The summed E-state index contributed by atoms with van der Waals surface area (Å²) in [4.78, 5) is 41.4. The topological polar surface area (TPSA) is 101 Å². The van der Waals surface area contributed by atoms with E-state index in [1.54, 1.807) is 24.1 Å². The van der Waals surface area contributed by atoms with Gasteiger partial charge in [0, 0.05) is 12.1 Å². The average Bonchev–Trinajstić information content (AvgIpc) is 3.32. The molecule has 1 aliphatic rings. The zero-order valence-corrected chi connectivity index (χ0v) is 17.4. The molecule has 9 heteroatoms. The summed E-state index contributed by atoms with van der Waals surface area (Å²) < 4.78 is 6.21. The molecule has 156 valence electrons. The molecule has 31 heavy (non-hydrogen) atoms. The number of aromatic nitrogens is 1. The molecule has 0 radical (unpaired) electrons. The number of benzene rings is 2. The molecule has 0 bridgehead atoms. The number of rotatable bonds is 5. The first-order valence-electron chi connectivity index (χ1n) is 9.41. The zero-order valence-electron chi connectivity index (χ0n) is 16.5. The molecule has 0 saturated carbocycles. The molecule has 2 aromatic carbocycles. The Morgan fingerprint density at radius 1 is 1.35 bits per heavy atom. The summed E-state index contributed by atoms with van der Waals surface area (Å²) in [7, 11) is 1.54. The van der Waals surface area contributed by atoms with Gasteiger partial charge in [0.1, 0.15) is 11.8 Å². The Balaban J connectivity index is 1.55. The van der Waals surface area contributed by atoms with Gasteiger partial charge in [-0.2, -0.15) is 0 Å². The van der Waals surface area contributed by atoms with E-state index in [0.29, 0.717) is 22.9 Å². The molecule has 0 fully saturated rings. The van der Waals surface area contributed by atoms with Gasteiger partial charge in [0.2, 0.25) is 6.41 Å². The third-order valence-electron chi connectivity index (χ3n) is 4.74. The predicted molar refractivity (Wildman–Crippen MR) is 116 cm³/mol. The van der Waals surface area contributed by atoms with Crippen LogP contribution in [0.1, 0.15) is 20.9 Å². The molecule has 2 heterocycles. The molecule has 0 aliphatic carbocycles. The fourth-order valence-electron chi connectivity index (χ4n) is 3.29. The summed E-state index contributed by atoms with van der Waals surface area (Å²) in [5, 5.41) is 5.26. The third kappa shape index (κ3) is 4.49. The number of ether oxygens (including phenoxy) is 1. The van der Waals surface area contributed by atoms with Gasteiger partial charge in [-0.15, -0.1) is 11.3 Å². The van der Waals surface area contributed by atoms with Gasteiger partial charge in [-0.1, -0.05) is 24.1 Å². The van der Waals surface area contributed by atoms with Crippen LogP contribution in [0.3, 0.4) is 0 Å². The molecule has 8 nitrogen and oxygen atoms in total. The molecule has 3 aromatic rings. The van der Waals surface area contributed by atoms with Crippen molar-refractivity contribution >= 4 is 39.9 Å². The number of para-hydroxylation sites is 1. The second kappa shape index (κ2) is 8.85. The number of carbonyl (C=O) groups is 3. The Hall–Kier alpha value is -3.90. The average molecular weight is 434 g/mol. The number of nitrogens with one attached hydrogen (secondary N) is 2. The van der Waals surface area contributed by atoms with Crippen LogP contribution in [0, 0.1) is 11.8 Å². The van der Waals surface area contributed by atoms with Crippen LogP contribution in [0.5, 0.6) is 5.75 Å². The first kappa shape index (κ1) is 20.4. The molecular weight excluding hydrogens is 416 g/mol. The maximum Gasteiger partial charge on any atom is 0.322 e. The lowest BCUT2D eigenvalue weighted by molar-refractivity contribution is -0.108. The number of urea groups is 1. The van der Waals surface area contributed by atoms with Gasteiger partial charge in [0.15, 0.2) is 5.01 Å². The highest BCUT2D eigenvalue weighted by Gasteiger charge is 2.29. The normalized spacial score (nSPS) is 13.2. The number of hydrogen-bond acceptors (Lipinski definition) is 6. The van der Waals surface area contributed by atoms with Gasteiger partial charge >= 0.3 is 6.03 Å². The highest BCUT2D eigenvalue weighted by atomic mass is 32.1. The van der Waals surface area contributed by atoms with Crippen LogP contribution in [0.15, 0.2) is 42.5 Å². The zero-order chi connectivity index (χ0) is 21.8. The third-order valence-corrected chi connectivity index (χ3v) is 5.69. The molecule has 1 aromatic heterocycles. The number of imide groups is 1. The molecule has 0 spiro atoms. The SMILES string of the molecule is COc1ccc2c(c1)C(=O)N(C[C@@H](C#Cc1nc3ccccc3s1)NC(=O)NC=O)C2. The molecule has 0 saturated heterocycles. The fraction of sp³-hybridized carbons (Fsp3) is 0.182. The van der Waals surface area contributed by atoms with Crippen molar-refractivity contribution in [2.24, 2.45) is 0 Å². The summed E-state index contributed by atoms with van der Waals surface area (Å²) >= 11 is 1.44. The second-order valence-corrected chi connectivity index (χ2v) is 7.78. The maximum absolute atomic E-state index is 12.8. The van der Waals surface area contributed by atoms with Crippen LogP contribution < -0.4 is 15.4 Å². The van der Waals surface area contributed by atoms with E-state index in [9.17, 15) is 14.4 Å². The Labute approximate surface area is 182 Å². The minimum Gasteiger partial charge on any atom is -0.497 e. The van der Waals surface area contributed by atoms with Crippen LogP contribution in [-0.2, 0) is 11.3 Å². The highest BCUT2D eigenvalue weighted by molar-refractivity contribution is 7.19. The van der Waals surface area contributed by atoms with Gasteiger partial charge in [0.25, 0.3) is 5.91 Å². The van der Waals surface area contributed by atoms with Crippen molar-refractivity contribution in [1.29, 1.82) is 0 Å². The summed E-state index contributed by atoms with van der Waals surface area (Å²) in [6, 6.07) is 11.6. The van der Waals surface area contributed by atoms with Crippen molar-refractivity contribution in [3.63, 3.8) is 0 Å². The summed E-state index contributed by atoms with van der Waals surface area (Å²) in [6.07, 6.45) is 0.288. The van der Waals surface area contributed by atoms with Gasteiger partial charge in [0.05, 0.1) is 23.9 Å². The van der Waals surface area contributed by atoms with Gasteiger partial charge in [-0.25, -0.2) is 9.78 Å². The van der Waals surface area contributed by atoms with E-state index in [0.717, 1.165) is 15.8 Å². The molecule has 4 amide bonds. The van der Waals surface area contributed by atoms with Gasteiger partial charge < -0.3 is 15.0 Å². The van der Waals surface area contributed by atoms with Crippen molar-refractivity contribution in [2.45, 2.75) is 12.6 Å². The lowest BCUT2D eigenvalue weighted by atomic mass is 10.1. The Kier molecular flexibility index (Phi) is 5.82. The monoisotopic (exact) mass is 434 g/mol. The smallest absolute Gasteiger partial charge is 0.322 e. The lowest BCUT2D eigenvalue weighted by Gasteiger charge is -2.20. The standard InChI is InChI=1S/C22H18N4O4S/c1-30-16-8-6-14-11-26(21(28)17(14)10-16)12-15(24-22(29)23-13-27)7-9-20-25-18-4-2-3-5-19(18)31-20/h2-6,8,10,13,15H,11-12H2,1H3,(H2,23,24,27,29)/t15-/m1/s1. The number of thiazole rings is 1. The van der Waals surface area contributed by atoms with Crippen molar-refractivity contribution in [2.75, 3.05) is 13.7 Å². The van der Waals surface area contributed by atoms with Crippen LogP contribution in [0.25, 0.3) is 10.2 Å². The second-order valence-electron chi connectivity index (χ2n) is 6.75. The van der Waals surface area contributed by atoms with Crippen LogP contribution in [-0.4, -0.2) is 47.9 Å². The lowest BCUT2D eigenvalue weighted by Crippen LogP contribution is -2.46. The van der Waals surface area contributed by atoms with Crippen molar-refractivity contribution in [3.05, 3.63) is 58.6 Å². The first-order chi connectivity index (χ1) is 15.1. The summed E-state index contributed by atoms with van der Waals surface area (Å²) in [5.74, 6) is 6.39. The molecule has 4 rings (SSSR count). The first-order valence-corrected chi connectivity index (χ1v) is 10.2. The number of amides is 4. The molecule has 0 unspecified atom stereocenters. The predicted octanol–water partition coefficient (Wildman–Crippen LogP) is 2.14. The van der Waals surface area contributed by atoms with Crippen LogP contribution >= 0.6 is 11.3 Å². The minimum atomic E-state index is -0.702. The Morgan fingerprint density at radius 2 is 2.19 bits per heavy atom. The van der Waals surface area contributed by atoms with E-state index in [-0.39, 0.29) is 18.9 Å². The van der Waals surface area contributed by atoms with Crippen LogP contribution in [0.2, 0.25) is 0 Å². The molecule has 1 aliphatic heterocycles. The molecule has 2 N–H and O–H groups in total. The van der Waals surface area contributed by atoms with Crippen molar-refractivity contribution < 1.29 is 19.1 Å². The summed E-state index contributed by atoms with van der Waals surface area (Å²) in [6.45, 7) is 0.550. The van der Waals surface area contributed by atoms with Crippen LogP contribution in [0.4, 0.5) is 4.79 Å². The maximum atomic E-state index is 12.8. The van der Waals surface area contributed by atoms with Gasteiger partial charge in [-0.05, 0) is 35.7 Å². The molecule has 1 atom stereocenters. The number of hydrogen-bond donors (Lipinski definition) is 2. The molecular formula is C22H18N4O4S. The fourth-order valence-corrected chi connectivity index (χ4v) is 4.12. The minimum absolute atomic E-state index is 0.153. The van der Waals surface area contributed by atoms with E-state index < -0.39 is 12.1 Å². The van der Waals surface area contributed by atoms with E-state index in [4.69, 9.17) is 4.74 Å². The van der Waals surface area contributed by atoms with E-state index in [2.05, 4.69) is 22.1 Å². The highest BCUT2D eigenvalue weighted by Crippen LogP contribution is 2.27. The number of nitrogens with zero attached hydrogens (tertiary/aromatic N) is 2. The van der Waals surface area contributed by atoms with Gasteiger partial charge in [-0.3, -0.25) is 14.9 Å². The van der Waals surface area contributed by atoms with E-state index >= 15 is 0 Å². The number of methoxy groups -OCH3 is 1. The van der Waals surface area contributed by atoms with E-state index in [1.807, 2.05) is 35.6 Å². The largest absolute Gasteiger partial charge is 0.497 e. The number of fused-ring (bicyclic) bond motifs is 2. The quantitative estimate of drug-likeness (QED) is 0.473.